The summed E-state index contributed by atoms with van der Waals surface area (Å²) in [5, 5.41) is 20.2. The molecule has 4 rings (SSSR count). The fourth-order valence-electron chi connectivity index (χ4n) is 2.64. The number of carbonyl (C=O) groups is 1. The fourth-order valence-corrected chi connectivity index (χ4v) is 2.64. The Morgan fingerprint density at radius 1 is 1.19 bits per heavy atom. The van der Waals surface area contributed by atoms with Crippen LogP contribution in [0.2, 0.25) is 0 Å². The maximum Gasteiger partial charge on any atom is 0.405 e. The summed E-state index contributed by atoms with van der Waals surface area (Å²) >= 11 is 0. The summed E-state index contributed by atoms with van der Waals surface area (Å²) in [7, 11) is 0. The second-order valence-corrected chi connectivity index (χ2v) is 5.52. The van der Waals surface area contributed by atoms with Crippen LogP contribution in [0.3, 0.4) is 0 Å². The van der Waals surface area contributed by atoms with Crippen molar-refractivity contribution in [3.63, 3.8) is 0 Å². The first-order valence-corrected chi connectivity index (χ1v) is 7.86. The van der Waals surface area contributed by atoms with E-state index in [0.717, 1.165) is 16.6 Å². The normalized spacial score (nSPS) is 10.9. The Kier molecular flexibility index (Phi) is 4.02. The summed E-state index contributed by atoms with van der Waals surface area (Å²) in [6, 6.07) is 13.3. The molecule has 4 aromatic rings. The van der Waals surface area contributed by atoms with Gasteiger partial charge >= 0.3 is 6.09 Å². The van der Waals surface area contributed by atoms with Gasteiger partial charge in [-0.3, -0.25) is 9.67 Å². The number of hydrogen-bond donors (Lipinski definition) is 2. The highest BCUT2D eigenvalue weighted by Gasteiger charge is 2.19. The van der Waals surface area contributed by atoms with E-state index in [1.807, 2.05) is 42.5 Å². The smallest absolute Gasteiger partial charge is 0.405 e. The molecule has 9 nitrogen and oxygen atoms in total. The molecule has 0 saturated carbocycles. The molecular formula is C17H14N6O3. The zero-order valence-corrected chi connectivity index (χ0v) is 13.5. The van der Waals surface area contributed by atoms with Crippen LogP contribution >= 0.6 is 0 Å². The van der Waals surface area contributed by atoms with E-state index in [0.29, 0.717) is 12.2 Å². The largest absolute Gasteiger partial charge is 0.465 e. The topological polar surface area (TPSA) is 119 Å². The number of carboxylic acid groups (broad SMARTS) is 1. The van der Waals surface area contributed by atoms with Gasteiger partial charge in [-0.05, 0) is 18.2 Å². The first-order valence-electron chi connectivity index (χ1n) is 7.86. The standard InChI is InChI=1S/C17H14N6O3/c24-17(25)19-9-14-20-16(26-22-14)15-12-6-1-2-7-13(12)21-23(15)10-11-5-3-4-8-18-11/h1-8,19H,9-10H2,(H,24,25). The Morgan fingerprint density at radius 2 is 2.04 bits per heavy atom. The van der Waals surface area contributed by atoms with E-state index in [1.54, 1.807) is 10.9 Å². The van der Waals surface area contributed by atoms with E-state index in [1.165, 1.54) is 0 Å². The molecule has 0 spiro atoms. The zero-order chi connectivity index (χ0) is 17.9. The average molecular weight is 350 g/mol. The number of nitrogens with one attached hydrogen (secondary N) is 1. The predicted molar refractivity (Wildman–Crippen MR) is 91.2 cm³/mol. The Hall–Kier alpha value is -3.75. The quantitative estimate of drug-likeness (QED) is 0.567. The summed E-state index contributed by atoms with van der Waals surface area (Å²) in [6.07, 6.45) is 0.572. The lowest BCUT2D eigenvalue weighted by molar-refractivity contribution is 0.193. The van der Waals surface area contributed by atoms with Gasteiger partial charge in [0.15, 0.2) is 5.82 Å². The van der Waals surface area contributed by atoms with Gasteiger partial charge in [0.1, 0.15) is 5.69 Å². The van der Waals surface area contributed by atoms with E-state index >= 15 is 0 Å². The van der Waals surface area contributed by atoms with Crippen molar-refractivity contribution in [2.75, 3.05) is 0 Å². The number of aromatic nitrogens is 5. The SMILES string of the molecule is O=C(O)NCc1noc(-c2c3ccccc3nn2Cc2ccccn2)n1. The van der Waals surface area contributed by atoms with Gasteiger partial charge < -0.3 is 14.9 Å². The summed E-state index contributed by atoms with van der Waals surface area (Å²) in [5.74, 6) is 0.522. The molecule has 1 amide bonds. The summed E-state index contributed by atoms with van der Waals surface area (Å²) in [4.78, 5) is 19.2. The first-order chi connectivity index (χ1) is 12.7. The Balaban J connectivity index is 1.75. The van der Waals surface area contributed by atoms with Gasteiger partial charge in [0.2, 0.25) is 0 Å². The van der Waals surface area contributed by atoms with E-state index in [-0.39, 0.29) is 18.3 Å². The molecule has 26 heavy (non-hydrogen) atoms. The lowest BCUT2D eigenvalue weighted by Gasteiger charge is -2.04. The van der Waals surface area contributed by atoms with Crippen molar-refractivity contribution < 1.29 is 14.4 Å². The minimum Gasteiger partial charge on any atom is -0.465 e. The molecule has 9 heteroatoms. The van der Waals surface area contributed by atoms with Gasteiger partial charge in [0.05, 0.1) is 24.3 Å². The summed E-state index contributed by atoms with van der Waals surface area (Å²) in [5.41, 5.74) is 2.30. The Labute approximate surface area is 147 Å². The molecule has 0 aliphatic carbocycles. The predicted octanol–water partition coefficient (Wildman–Crippen LogP) is 2.30. The number of rotatable bonds is 5. The van der Waals surface area contributed by atoms with Crippen molar-refractivity contribution >= 4 is 17.0 Å². The van der Waals surface area contributed by atoms with Gasteiger partial charge in [-0.1, -0.05) is 29.4 Å². The van der Waals surface area contributed by atoms with Crippen molar-refractivity contribution in [3.8, 4) is 11.6 Å². The third-order valence-electron chi connectivity index (χ3n) is 3.75. The van der Waals surface area contributed by atoms with Crippen LogP contribution in [0.1, 0.15) is 11.5 Å². The Bertz CT molecular complexity index is 1060. The maximum atomic E-state index is 10.6. The molecule has 0 unspecified atom stereocenters. The second kappa shape index (κ2) is 6.63. The highest BCUT2D eigenvalue weighted by Crippen LogP contribution is 2.28. The minimum absolute atomic E-state index is 0.0366. The fraction of sp³-hybridized carbons (Fsp3) is 0.118. The highest BCUT2D eigenvalue weighted by molar-refractivity contribution is 5.91. The molecule has 1 aromatic carbocycles. The summed E-state index contributed by atoms with van der Waals surface area (Å²) < 4.78 is 7.11. The van der Waals surface area contributed by atoms with E-state index in [4.69, 9.17) is 9.63 Å². The van der Waals surface area contributed by atoms with Crippen LogP contribution in [-0.4, -0.2) is 36.1 Å². The molecule has 0 aliphatic heterocycles. The molecule has 0 atom stereocenters. The number of benzene rings is 1. The van der Waals surface area contributed by atoms with Crippen LogP contribution in [0.5, 0.6) is 0 Å². The zero-order valence-electron chi connectivity index (χ0n) is 13.5. The van der Waals surface area contributed by atoms with Crippen LogP contribution in [0.15, 0.2) is 53.2 Å². The third kappa shape index (κ3) is 3.09. The van der Waals surface area contributed by atoms with Gasteiger partial charge in [-0.15, -0.1) is 0 Å². The van der Waals surface area contributed by atoms with Crippen LogP contribution in [0, 0.1) is 0 Å². The molecular weight excluding hydrogens is 336 g/mol. The monoisotopic (exact) mass is 350 g/mol. The highest BCUT2D eigenvalue weighted by atomic mass is 16.5. The minimum atomic E-state index is -1.15. The number of fused-ring (bicyclic) bond motifs is 1. The van der Waals surface area contributed by atoms with Crippen molar-refractivity contribution in [1.82, 2.24) is 30.2 Å². The second-order valence-electron chi connectivity index (χ2n) is 5.52. The number of hydrogen-bond acceptors (Lipinski definition) is 6. The molecule has 0 radical (unpaired) electrons. The third-order valence-corrected chi connectivity index (χ3v) is 3.75. The van der Waals surface area contributed by atoms with E-state index < -0.39 is 6.09 Å². The molecule has 0 bridgehead atoms. The molecule has 130 valence electrons. The van der Waals surface area contributed by atoms with Crippen molar-refractivity contribution in [3.05, 3.63) is 60.2 Å². The van der Waals surface area contributed by atoms with Crippen molar-refractivity contribution in [2.45, 2.75) is 13.1 Å². The Morgan fingerprint density at radius 3 is 2.85 bits per heavy atom. The molecule has 0 aliphatic rings. The molecule has 3 heterocycles. The van der Waals surface area contributed by atoms with Crippen LogP contribution in [-0.2, 0) is 13.1 Å². The van der Waals surface area contributed by atoms with Crippen LogP contribution in [0.4, 0.5) is 4.79 Å². The molecule has 2 N–H and O–H groups in total. The maximum absolute atomic E-state index is 10.6. The number of nitrogens with zero attached hydrogens (tertiary/aromatic N) is 5. The molecule has 3 aromatic heterocycles. The lowest BCUT2D eigenvalue weighted by Crippen LogP contribution is -2.20. The van der Waals surface area contributed by atoms with Crippen LogP contribution < -0.4 is 5.32 Å². The summed E-state index contributed by atoms with van der Waals surface area (Å²) in [6.45, 7) is 0.404. The van der Waals surface area contributed by atoms with E-state index in [9.17, 15) is 4.79 Å². The van der Waals surface area contributed by atoms with Gasteiger partial charge in [0, 0.05) is 11.6 Å². The molecule has 0 fully saturated rings. The van der Waals surface area contributed by atoms with Crippen molar-refractivity contribution in [2.24, 2.45) is 0 Å². The van der Waals surface area contributed by atoms with E-state index in [2.05, 4.69) is 25.5 Å². The van der Waals surface area contributed by atoms with Gasteiger partial charge in [0.25, 0.3) is 5.89 Å². The van der Waals surface area contributed by atoms with Crippen LogP contribution in [0.25, 0.3) is 22.5 Å². The van der Waals surface area contributed by atoms with Crippen molar-refractivity contribution in [1.29, 1.82) is 0 Å². The van der Waals surface area contributed by atoms with Gasteiger partial charge in [-0.25, -0.2) is 4.79 Å². The number of pyridine rings is 1. The number of amides is 1. The average Bonchev–Trinajstić information content (AvgIpc) is 3.24. The first kappa shape index (κ1) is 15.8. The lowest BCUT2D eigenvalue weighted by atomic mass is 10.2. The van der Waals surface area contributed by atoms with Gasteiger partial charge in [-0.2, -0.15) is 10.1 Å². The molecule has 0 saturated heterocycles.